The number of rotatable bonds is 3. The van der Waals surface area contributed by atoms with Gasteiger partial charge in [-0.1, -0.05) is 12.1 Å². The lowest BCUT2D eigenvalue weighted by Gasteiger charge is -2.07. The molecule has 2 aromatic rings. The van der Waals surface area contributed by atoms with Crippen molar-refractivity contribution < 1.29 is 14.1 Å². The van der Waals surface area contributed by atoms with Crippen molar-refractivity contribution in [1.82, 2.24) is 0 Å². The predicted molar refractivity (Wildman–Crippen MR) is 80.2 cm³/mol. The molecule has 0 aromatic heterocycles. The van der Waals surface area contributed by atoms with Crippen LogP contribution in [0.25, 0.3) is 0 Å². The van der Waals surface area contributed by atoms with Crippen LogP contribution >= 0.6 is 22.6 Å². The van der Waals surface area contributed by atoms with Gasteiger partial charge in [-0.2, -0.15) is 0 Å². The van der Waals surface area contributed by atoms with Crippen LogP contribution in [0.1, 0.15) is 10.4 Å². The highest BCUT2D eigenvalue weighted by Crippen LogP contribution is 2.21. The molecule has 0 unspecified atom stereocenters. The van der Waals surface area contributed by atoms with Gasteiger partial charge in [0.05, 0.1) is 10.6 Å². The monoisotopic (exact) mass is 386 g/mol. The van der Waals surface area contributed by atoms with Crippen molar-refractivity contribution in [3.63, 3.8) is 0 Å². The second kappa shape index (κ2) is 5.95. The molecule has 1 amide bonds. The summed E-state index contributed by atoms with van der Waals surface area (Å²) in [6.45, 7) is 0. The van der Waals surface area contributed by atoms with E-state index in [2.05, 4.69) is 5.32 Å². The third-order valence-corrected chi connectivity index (χ3v) is 3.20. The molecule has 102 valence electrons. The summed E-state index contributed by atoms with van der Waals surface area (Å²) in [6.07, 6.45) is 0. The first-order valence-corrected chi connectivity index (χ1v) is 6.56. The zero-order valence-electron chi connectivity index (χ0n) is 9.97. The SMILES string of the molecule is O=C(Nc1ccc(I)cc1F)c1ccccc1[N+](=O)[O-]. The molecule has 0 saturated heterocycles. The lowest BCUT2D eigenvalue weighted by molar-refractivity contribution is -0.385. The zero-order valence-corrected chi connectivity index (χ0v) is 12.1. The van der Waals surface area contributed by atoms with E-state index < -0.39 is 16.6 Å². The van der Waals surface area contributed by atoms with Gasteiger partial charge in [0.15, 0.2) is 0 Å². The fourth-order valence-electron chi connectivity index (χ4n) is 1.61. The number of anilines is 1. The Hall–Kier alpha value is -2.03. The minimum Gasteiger partial charge on any atom is -0.319 e. The van der Waals surface area contributed by atoms with Crippen molar-refractivity contribution in [3.8, 4) is 0 Å². The van der Waals surface area contributed by atoms with Crippen LogP contribution in [-0.2, 0) is 0 Å². The van der Waals surface area contributed by atoms with Crippen molar-refractivity contribution in [1.29, 1.82) is 0 Å². The van der Waals surface area contributed by atoms with E-state index in [4.69, 9.17) is 0 Å². The van der Waals surface area contributed by atoms with Crippen LogP contribution in [-0.4, -0.2) is 10.8 Å². The number of carbonyl (C=O) groups is 1. The Labute approximate surface area is 127 Å². The van der Waals surface area contributed by atoms with Gasteiger partial charge in [0.1, 0.15) is 11.4 Å². The van der Waals surface area contributed by atoms with Gasteiger partial charge in [0, 0.05) is 9.64 Å². The highest BCUT2D eigenvalue weighted by atomic mass is 127. The molecule has 0 saturated carbocycles. The number of nitrogens with zero attached hydrogens (tertiary/aromatic N) is 1. The summed E-state index contributed by atoms with van der Waals surface area (Å²) in [5, 5.41) is 13.2. The fraction of sp³-hybridized carbons (Fsp3) is 0. The number of nitrogens with one attached hydrogen (secondary N) is 1. The van der Waals surface area contributed by atoms with Gasteiger partial charge in [-0.25, -0.2) is 4.39 Å². The maximum Gasteiger partial charge on any atom is 0.282 e. The molecule has 5 nitrogen and oxygen atoms in total. The second-order valence-electron chi connectivity index (χ2n) is 3.85. The highest BCUT2D eigenvalue weighted by molar-refractivity contribution is 14.1. The molecule has 0 aliphatic heterocycles. The smallest absolute Gasteiger partial charge is 0.282 e. The van der Waals surface area contributed by atoms with E-state index in [9.17, 15) is 19.3 Å². The van der Waals surface area contributed by atoms with Crippen LogP contribution in [0.2, 0.25) is 0 Å². The van der Waals surface area contributed by atoms with E-state index in [1.807, 2.05) is 22.6 Å². The van der Waals surface area contributed by atoms with E-state index in [0.717, 1.165) is 0 Å². The number of para-hydroxylation sites is 1. The molecule has 1 N–H and O–H groups in total. The number of benzene rings is 2. The van der Waals surface area contributed by atoms with E-state index in [1.54, 1.807) is 6.07 Å². The molecule has 0 aliphatic rings. The Kier molecular flexibility index (Phi) is 4.28. The Balaban J connectivity index is 2.31. The summed E-state index contributed by atoms with van der Waals surface area (Å²) >= 11 is 1.94. The zero-order chi connectivity index (χ0) is 14.7. The maximum absolute atomic E-state index is 13.6. The third-order valence-electron chi connectivity index (χ3n) is 2.52. The lowest BCUT2D eigenvalue weighted by atomic mass is 10.1. The summed E-state index contributed by atoms with van der Waals surface area (Å²) < 4.78 is 14.3. The van der Waals surface area contributed by atoms with Gasteiger partial charge >= 0.3 is 0 Å². The number of halogens is 2. The average Bonchev–Trinajstić information content (AvgIpc) is 2.41. The quantitative estimate of drug-likeness (QED) is 0.498. The van der Waals surface area contributed by atoms with E-state index in [0.29, 0.717) is 3.57 Å². The second-order valence-corrected chi connectivity index (χ2v) is 5.10. The number of carbonyl (C=O) groups excluding carboxylic acids is 1. The van der Waals surface area contributed by atoms with E-state index in [1.165, 1.54) is 36.4 Å². The van der Waals surface area contributed by atoms with Crippen LogP contribution in [0.3, 0.4) is 0 Å². The summed E-state index contributed by atoms with van der Waals surface area (Å²) in [7, 11) is 0. The van der Waals surface area contributed by atoms with Gasteiger partial charge in [0.2, 0.25) is 0 Å². The molecule has 0 aliphatic carbocycles. The molecule has 0 heterocycles. The molecular weight excluding hydrogens is 378 g/mol. The van der Waals surface area contributed by atoms with Crippen LogP contribution in [0.4, 0.5) is 15.8 Å². The van der Waals surface area contributed by atoms with Crippen LogP contribution in [0.5, 0.6) is 0 Å². The molecule has 0 fully saturated rings. The molecule has 0 spiro atoms. The minimum absolute atomic E-state index is 0.0198. The maximum atomic E-state index is 13.6. The number of hydrogen-bond donors (Lipinski definition) is 1. The minimum atomic E-state index is -0.725. The highest BCUT2D eigenvalue weighted by Gasteiger charge is 2.20. The normalized spacial score (nSPS) is 10.1. The topological polar surface area (TPSA) is 72.2 Å². The van der Waals surface area contributed by atoms with Crippen molar-refractivity contribution in [2.75, 3.05) is 5.32 Å². The Bertz CT molecular complexity index is 691. The Morgan fingerprint density at radius 3 is 2.60 bits per heavy atom. The third kappa shape index (κ3) is 3.10. The number of amides is 1. The molecule has 0 bridgehead atoms. The number of nitro benzene ring substituents is 1. The number of nitro groups is 1. The van der Waals surface area contributed by atoms with E-state index in [-0.39, 0.29) is 16.9 Å². The molecular formula is C13H8FIN2O3. The van der Waals surface area contributed by atoms with Crippen molar-refractivity contribution >= 4 is 39.9 Å². The molecule has 7 heteroatoms. The van der Waals surface area contributed by atoms with Crippen LogP contribution < -0.4 is 5.32 Å². The van der Waals surface area contributed by atoms with E-state index >= 15 is 0 Å². The first kappa shape index (κ1) is 14.4. The Morgan fingerprint density at radius 2 is 1.95 bits per heavy atom. The standard InChI is InChI=1S/C13H8FIN2O3/c14-10-7-8(15)5-6-11(10)16-13(18)9-3-1-2-4-12(9)17(19)20/h1-7H,(H,16,18). The lowest BCUT2D eigenvalue weighted by Crippen LogP contribution is -2.14. The van der Waals surface area contributed by atoms with Crippen LogP contribution in [0, 0.1) is 19.5 Å². The van der Waals surface area contributed by atoms with Crippen molar-refractivity contribution in [2.45, 2.75) is 0 Å². The first-order chi connectivity index (χ1) is 9.49. The number of hydrogen-bond acceptors (Lipinski definition) is 3. The van der Waals surface area contributed by atoms with Gasteiger partial charge in [-0.3, -0.25) is 14.9 Å². The molecule has 0 atom stereocenters. The molecule has 2 rings (SSSR count). The van der Waals surface area contributed by atoms with Gasteiger partial charge < -0.3 is 5.32 Å². The summed E-state index contributed by atoms with van der Waals surface area (Å²) in [6, 6.07) is 9.79. The van der Waals surface area contributed by atoms with Crippen molar-refractivity contribution in [3.05, 3.63) is 67.5 Å². The molecule has 0 radical (unpaired) electrons. The summed E-state index contributed by atoms with van der Waals surface area (Å²) in [4.78, 5) is 22.2. The first-order valence-electron chi connectivity index (χ1n) is 5.49. The average molecular weight is 386 g/mol. The predicted octanol–water partition coefficient (Wildman–Crippen LogP) is 3.59. The van der Waals surface area contributed by atoms with Gasteiger partial charge in [0.25, 0.3) is 11.6 Å². The van der Waals surface area contributed by atoms with Crippen molar-refractivity contribution in [2.24, 2.45) is 0 Å². The van der Waals surface area contributed by atoms with Gasteiger partial charge in [-0.15, -0.1) is 0 Å². The Morgan fingerprint density at radius 1 is 1.25 bits per heavy atom. The van der Waals surface area contributed by atoms with Gasteiger partial charge in [-0.05, 0) is 46.9 Å². The molecule has 2 aromatic carbocycles. The fourth-order valence-corrected chi connectivity index (χ4v) is 2.06. The molecule has 20 heavy (non-hydrogen) atoms. The largest absolute Gasteiger partial charge is 0.319 e. The van der Waals surface area contributed by atoms with Crippen LogP contribution in [0.15, 0.2) is 42.5 Å². The summed E-state index contributed by atoms with van der Waals surface area (Å²) in [5.74, 6) is -1.32. The summed E-state index contributed by atoms with van der Waals surface area (Å²) in [5.41, 5.74) is -0.458.